The summed E-state index contributed by atoms with van der Waals surface area (Å²) in [6, 6.07) is 15.4. The van der Waals surface area contributed by atoms with Gasteiger partial charge in [-0.3, -0.25) is 4.79 Å². The molecule has 1 amide bonds. The molecular formula is C19H20N4O2. The third kappa shape index (κ3) is 4.91. The Morgan fingerprint density at radius 2 is 1.96 bits per heavy atom. The minimum absolute atomic E-state index is 0.247. The lowest BCUT2D eigenvalue weighted by molar-refractivity contribution is 0.102. The number of hydrogen-bond acceptors (Lipinski definition) is 5. The van der Waals surface area contributed by atoms with Crippen LogP contribution < -0.4 is 10.6 Å². The van der Waals surface area contributed by atoms with Crippen molar-refractivity contribution in [3.05, 3.63) is 71.6 Å². The molecule has 25 heavy (non-hydrogen) atoms. The van der Waals surface area contributed by atoms with Gasteiger partial charge in [0.2, 0.25) is 0 Å². The van der Waals surface area contributed by atoms with Gasteiger partial charge in [0.05, 0.1) is 0 Å². The minimum Gasteiger partial charge on any atom is -0.370 e. The highest BCUT2D eigenvalue weighted by Crippen LogP contribution is 2.12. The number of hydrogen-bond donors (Lipinski definition) is 2. The number of aryl methyl sites for hydroxylation is 2. The fourth-order valence-electron chi connectivity index (χ4n) is 2.44. The molecule has 0 saturated carbocycles. The summed E-state index contributed by atoms with van der Waals surface area (Å²) in [6.45, 7) is 2.56. The fourth-order valence-corrected chi connectivity index (χ4v) is 2.44. The maximum absolute atomic E-state index is 12.2. The molecule has 3 aromatic rings. The van der Waals surface area contributed by atoms with Crippen LogP contribution in [0.5, 0.6) is 0 Å². The topological polar surface area (TPSA) is 80.0 Å². The van der Waals surface area contributed by atoms with Gasteiger partial charge in [0, 0.05) is 24.4 Å². The standard InChI is InChI=1S/C19H20N4O2/c1-14-12-18(23-25-14)22-19(24)16-9-11-21-17(13-16)20-10-5-8-15-6-3-2-4-7-15/h2-4,6-7,9,11-13H,5,8,10H2,1H3,(H,20,21)(H,22,23,24). The maximum atomic E-state index is 12.2. The molecular weight excluding hydrogens is 316 g/mol. The first-order valence-corrected chi connectivity index (χ1v) is 8.19. The van der Waals surface area contributed by atoms with Crippen molar-refractivity contribution in [2.75, 3.05) is 17.2 Å². The van der Waals surface area contributed by atoms with Crippen molar-refractivity contribution in [2.45, 2.75) is 19.8 Å². The number of nitrogens with zero attached hydrogens (tertiary/aromatic N) is 2. The molecule has 1 aromatic carbocycles. The van der Waals surface area contributed by atoms with E-state index in [1.807, 2.05) is 18.2 Å². The summed E-state index contributed by atoms with van der Waals surface area (Å²) in [5.74, 6) is 1.47. The number of carbonyl (C=O) groups is 1. The molecule has 0 spiro atoms. The molecule has 0 bridgehead atoms. The first-order valence-electron chi connectivity index (χ1n) is 8.19. The van der Waals surface area contributed by atoms with E-state index in [9.17, 15) is 4.79 Å². The van der Waals surface area contributed by atoms with Crippen molar-refractivity contribution in [2.24, 2.45) is 0 Å². The third-order valence-corrected chi connectivity index (χ3v) is 3.68. The molecule has 2 heterocycles. The van der Waals surface area contributed by atoms with Gasteiger partial charge in [-0.15, -0.1) is 0 Å². The highest BCUT2D eigenvalue weighted by atomic mass is 16.5. The summed E-state index contributed by atoms with van der Waals surface area (Å²) >= 11 is 0. The molecule has 128 valence electrons. The van der Waals surface area contributed by atoms with Crippen LogP contribution >= 0.6 is 0 Å². The van der Waals surface area contributed by atoms with Crippen molar-refractivity contribution < 1.29 is 9.32 Å². The predicted octanol–water partition coefficient (Wildman–Crippen LogP) is 3.68. The largest absolute Gasteiger partial charge is 0.370 e. The maximum Gasteiger partial charge on any atom is 0.257 e. The first-order chi connectivity index (χ1) is 12.2. The van der Waals surface area contributed by atoms with Crippen LogP contribution in [-0.4, -0.2) is 22.6 Å². The average Bonchev–Trinajstić information content (AvgIpc) is 3.05. The zero-order valence-corrected chi connectivity index (χ0v) is 14.0. The van der Waals surface area contributed by atoms with Crippen LogP contribution in [0.15, 0.2) is 59.3 Å². The molecule has 3 rings (SSSR count). The van der Waals surface area contributed by atoms with E-state index in [0.717, 1.165) is 19.4 Å². The van der Waals surface area contributed by atoms with E-state index in [-0.39, 0.29) is 5.91 Å². The summed E-state index contributed by atoms with van der Waals surface area (Å²) in [4.78, 5) is 16.5. The summed E-state index contributed by atoms with van der Waals surface area (Å²) in [6.07, 6.45) is 3.60. The molecule has 2 aromatic heterocycles. The van der Waals surface area contributed by atoms with Gasteiger partial charge >= 0.3 is 0 Å². The van der Waals surface area contributed by atoms with Crippen molar-refractivity contribution in [1.82, 2.24) is 10.1 Å². The van der Waals surface area contributed by atoms with Gasteiger partial charge < -0.3 is 15.2 Å². The Hall–Kier alpha value is -3.15. The van der Waals surface area contributed by atoms with E-state index in [2.05, 4.69) is 32.9 Å². The van der Waals surface area contributed by atoms with Crippen LogP contribution in [0.25, 0.3) is 0 Å². The molecule has 0 saturated heterocycles. The molecule has 0 fully saturated rings. The number of aromatic nitrogens is 2. The first kappa shape index (κ1) is 16.7. The lowest BCUT2D eigenvalue weighted by Gasteiger charge is -2.07. The van der Waals surface area contributed by atoms with Gasteiger partial charge in [0.25, 0.3) is 5.91 Å². The number of rotatable bonds is 7. The molecule has 0 aliphatic carbocycles. The van der Waals surface area contributed by atoms with Gasteiger partial charge in [-0.1, -0.05) is 35.5 Å². The Kier molecular flexibility index (Phi) is 5.41. The highest BCUT2D eigenvalue weighted by molar-refractivity contribution is 6.04. The second kappa shape index (κ2) is 8.10. The number of carbonyl (C=O) groups excluding carboxylic acids is 1. The number of pyridine rings is 1. The monoisotopic (exact) mass is 336 g/mol. The SMILES string of the molecule is Cc1cc(NC(=O)c2ccnc(NCCCc3ccccc3)c2)no1. The smallest absolute Gasteiger partial charge is 0.257 e. The van der Waals surface area contributed by atoms with E-state index in [1.165, 1.54) is 5.56 Å². The van der Waals surface area contributed by atoms with Crippen molar-refractivity contribution in [3.8, 4) is 0 Å². The fraction of sp³-hybridized carbons (Fsp3) is 0.211. The Morgan fingerprint density at radius 3 is 2.72 bits per heavy atom. The van der Waals surface area contributed by atoms with Crippen LogP contribution in [0.1, 0.15) is 28.1 Å². The molecule has 6 heteroatoms. The summed E-state index contributed by atoms with van der Waals surface area (Å²) in [5, 5.41) is 9.70. The van der Waals surface area contributed by atoms with E-state index >= 15 is 0 Å². The molecule has 6 nitrogen and oxygen atoms in total. The number of nitrogens with one attached hydrogen (secondary N) is 2. The summed E-state index contributed by atoms with van der Waals surface area (Å²) in [7, 11) is 0. The molecule has 0 aliphatic rings. The van der Waals surface area contributed by atoms with Crippen LogP contribution in [0.3, 0.4) is 0 Å². The average molecular weight is 336 g/mol. The second-order valence-corrected chi connectivity index (χ2v) is 5.72. The van der Waals surface area contributed by atoms with Crippen LogP contribution in [0, 0.1) is 6.92 Å². The molecule has 2 N–H and O–H groups in total. The quantitative estimate of drug-likeness (QED) is 0.643. The van der Waals surface area contributed by atoms with Gasteiger partial charge in [-0.2, -0.15) is 0 Å². The van der Waals surface area contributed by atoms with E-state index in [4.69, 9.17) is 4.52 Å². The predicted molar refractivity (Wildman–Crippen MR) is 96.7 cm³/mol. The van der Waals surface area contributed by atoms with Crippen molar-refractivity contribution >= 4 is 17.5 Å². The van der Waals surface area contributed by atoms with Crippen LogP contribution in [0.4, 0.5) is 11.6 Å². The number of benzene rings is 1. The molecule has 0 atom stereocenters. The number of anilines is 2. The Morgan fingerprint density at radius 1 is 1.12 bits per heavy atom. The van der Waals surface area contributed by atoms with Gasteiger partial charge in [0.1, 0.15) is 11.6 Å². The molecule has 0 aliphatic heterocycles. The lowest BCUT2D eigenvalue weighted by atomic mass is 10.1. The van der Waals surface area contributed by atoms with Gasteiger partial charge in [-0.25, -0.2) is 4.98 Å². The second-order valence-electron chi connectivity index (χ2n) is 5.72. The number of amides is 1. The Labute approximate surface area is 146 Å². The summed E-state index contributed by atoms with van der Waals surface area (Å²) < 4.78 is 4.94. The normalized spacial score (nSPS) is 10.4. The highest BCUT2D eigenvalue weighted by Gasteiger charge is 2.09. The van der Waals surface area contributed by atoms with Gasteiger partial charge in [0.15, 0.2) is 5.82 Å². The summed E-state index contributed by atoms with van der Waals surface area (Å²) in [5.41, 5.74) is 1.83. The molecule has 0 radical (unpaired) electrons. The van der Waals surface area contributed by atoms with E-state index in [1.54, 1.807) is 31.3 Å². The third-order valence-electron chi connectivity index (χ3n) is 3.68. The van der Waals surface area contributed by atoms with Crippen molar-refractivity contribution in [1.29, 1.82) is 0 Å². The van der Waals surface area contributed by atoms with Gasteiger partial charge in [-0.05, 0) is 37.5 Å². The van der Waals surface area contributed by atoms with E-state index in [0.29, 0.717) is 23.0 Å². The van der Waals surface area contributed by atoms with Crippen LogP contribution in [-0.2, 0) is 6.42 Å². The van der Waals surface area contributed by atoms with Crippen LogP contribution in [0.2, 0.25) is 0 Å². The zero-order valence-electron chi connectivity index (χ0n) is 14.0. The zero-order chi connectivity index (χ0) is 17.5. The van der Waals surface area contributed by atoms with E-state index < -0.39 is 0 Å². The lowest BCUT2D eigenvalue weighted by Crippen LogP contribution is -2.13. The minimum atomic E-state index is -0.247. The molecule has 0 unspecified atom stereocenters. The Balaban J connectivity index is 1.51. The Bertz CT molecular complexity index is 830. The van der Waals surface area contributed by atoms with Crippen molar-refractivity contribution in [3.63, 3.8) is 0 Å².